The molecule has 10 nitrogen and oxygen atoms in total. The number of rotatable bonds is 4. The number of aromatic amines is 1. The lowest BCUT2D eigenvalue weighted by Crippen LogP contribution is -2.56. The molecule has 0 saturated carbocycles. The Hall–Kier alpha value is -3.61. The lowest BCUT2D eigenvalue weighted by Gasteiger charge is -2.42. The molecule has 0 unspecified atom stereocenters. The number of urea groups is 1. The third-order valence-electron chi connectivity index (χ3n) is 6.28. The molecule has 1 fully saturated rings. The summed E-state index contributed by atoms with van der Waals surface area (Å²) in [4.78, 5) is 40.7. The van der Waals surface area contributed by atoms with E-state index in [0.29, 0.717) is 43.2 Å². The van der Waals surface area contributed by atoms with Gasteiger partial charge in [0.2, 0.25) is 0 Å². The molecule has 2 amide bonds. The van der Waals surface area contributed by atoms with Crippen molar-refractivity contribution in [1.82, 2.24) is 24.4 Å². The van der Waals surface area contributed by atoms with Crippen LogP contribution < -0.4 is 15.8 Å². The number of carbonyl (C=O) groups is 1. The summed E-state index contributed by atoms with van der Waals surface area (Å²) in [5.74, 6) is 0.681. The molecule has 13 heteroatoms. The third kappa shape index (κ3) is 4.81. The van der Waals surface area contributed by atoms with Gasteiger partial charge < -0.3 is 29.4 Å². The SMILES string of the molecule is CO[C@H]1CN(c2cnc3[nH]cc(C)c3n2)CC[C@@H]1N(C)C(=O)Nc1cc(C(F)(F)F)cn(C)c1=O. The van der Waals surface area contributed by atoms with E-state index in [2.05, 4.69) is 20.3 Å². The highest BCUT2D eigenvalue weighted by atomic mass is 19.4. The highest BCUT2D eigenvalue weighted by Crippen LogP contribution is 2.30. The van der Waals surface area contributed by atoms with E-state index in [1.165, 1.54) is 26.1 Å². The average molecular weight is 493 g/mol. The molecule has 1 aliphatic heterocycles. The van der Waals surface area contributed by atoms with E-state index in [-0.39, 0.29) is 6.04 Å². The summed E-state index contributed by atoms with van der Waals surface area (Å²) >= 11 is 0. The van der Waals surface area contributed by atoms with Crippen molar-refractivity contribution < 1.29 is 22.7 Å². The highest BCUT2D eigenvalue weighted by molar-refractivity contribution is 5.89. The molecule has 188 valence electrons. The molecule has 0 aliphatic carbocycles. The van der Waals surface area contributed by atoms with Crippen molar-refractivity contribution in [3.05, 3.63) is 46.1 Å². The van der Waals surface area contributed by atoms with E-state index in [1.807, 2.05) is 18.0 Å². The number of alkyl halides is 3. The first-order valence-corrected chi connectivity index (χ1v) is 10.9. The number of pyridine rings is 1. The Balaban J connectivity index is 1.49. The van der Waals surface area contributed by atoms with Crippen molar-refractivity contribution in [1.29, 1.82) is 0 Å². The van der Waals surface area contributed by atoms with Gasteiger partial charge in [0.25, 0.3) is 5.56 Å². The minimum atomic E-state index is -4.66. The molecular formula is C22H26F3N7O3. The van der Waals surface area contributed by atoms with Crippen LogP contribution in [0.1, 0.15) is 17.5 Å². The van der Waals surface area contributed by atoms with E-state index < -0.39 is 35.1 Å². The number of nitrogens with one attached hydrogen (secondary N) is 2. The predicted octanol–water partition coefficient (Wildman–Crippen LogP) is 2.74. The van der Waals surface area contributed by atoms with Crippen LogP contribution in [0.3, 0.4) is 0 Å². The van der Waals surface area contributed by atoms with Gasteiger partial charge in [0.05, 0.1) is 23.9 Å². The smallest absolute Gasteiger partial charge is 0.377 e. The monoisotopic (exact) mass is 493 g/mol. The van der Waals surface area contributed by atoms with Gasteiger partial charge in [-0.25, -0.2) is 14.8 Å². The number of halogens is 3. The number of hydrogen-bond acceptors (Lipinski definition) is 6. The summed E-state index contributed by atoms with van der Waals surface area (Å²) in [7, 11) is 4.25. The van der Waals surface area contributed by atoms with E-state index in [9.17, 15) is 22.8 Å². The number of carbonyl (C=O) groups excluding carboxylic acids is 1. The largest absolute Gasteiger partial charge is 0.417 e. The number of H-pyrrole nitrogens is 1. The van der Waals surface area contributed by atoms with Crippen LogP contribution in [0.4, 0.5) is 29.5 Å². The van der Waals surface area contributed by atoms with Crippen LogP contribution in [0.15, 0.2) is 29.5 Å². The van der Waals surface area contributed by atoms with Gasteiger partial charge in [0.1, 0.15) is 17.0 Å². The third-order valence-corrected chi connectivity index (χ3v) is 6.28. The second-order valence-electron chi connectivity index (χ2n) is 8.57. The van der Waals surface area contributed by atoms with Gasteiger partial charge in [0.15, 0.2) is 5.65 Å². The number of hydrogen-bond donors (Lipinski definition) is 2. The van der Waals surface area contributed by atoms with Crippen molar-refractivity contribution >= 4 is 28.7 Å². The number of aromatic nitrogens is 4. The topological polar surface area (TPSA) is 108 Å². The van der Waals surface area contributed by atoms with Crippen LogP contribution in [-0.2, 0) is 18.0 Å². The number of methoxy groups -OCH3 is 1. The van der Waals surface area contributed by atoms with Gasteiger partial charge in [-0.1, -0.05) is 0 Å². The first kappa shape index (κ1) is 24.5. The fourth-order valence-electron chi connectivity index (χ4n) is 4.25. The number of ether oxygens (including phenoxy) is 1. The molecule has 0 spiro atoms. The average Bonchev–Trinajstić information content (AvgIpc) is 3.20. The Morgan fingerprint density at radius 3 is 2.80 bits per heavy atom. The van der Waals surface area contributed by atoms with Gasteiger partial charge in [-0.15, -0.1) is 0 Å². The number of amides is 2. The fourth-order valence-corrected chi connectivity index (χ4v) is 4.25. The molecule has 1 aliphatic rings. The summed E-state index contributed by atoms with van der Waals surface area (Å²) < 4.78 is 45.9. The molecule has 3 aromatic heterocycles. The Morgan fingerprint density at radius 2 is 2.11 bits per heavy atom. The highest BCUT2D eigenvalue weighted by Gasteiger charge is 2.36. The number of nitrogens with zero attached hydrogens (tertiary/aromatic N) is 5. The van der Waals surface area contributed by atoms with Crippen molar-refractivity contribution in [2.75, 3.05) is 37.5 Å². The van der Waals surface area contributed by atoms with Gasteiger partial charge in [0, 0.05) is 46.7 Å². The lowest BCUT2D eigenvalue weighted by molar-refractivity contribution is -0.138. The minimum absolute atomic E-state index is 0.378. The molecule has 0 radical (unpaired) electrons. The van der Waals surface area contributed by atoms with Crippen LogP contribution in [-0.4, -0.2) is 69.8 Å². The Labute approximate surface area is 198 Å². The van der Waals surface area contributed by atoms with E-state index in [4.69, 9.17) is 4.74 Å². The summed E-state index contributed by atoms with van der Waals surface area (Å²) in [6.45, 7) is 2.91. The van der Waals surface area contributed by atoms with E-state index in [1.54, 1.807) is 6.20 Å². The molecule has 3 aromatic rings. The van der Waals surface area contributed by atoms with Gasteiger partial charge >= 0.3 is 12.2 Å². The van der Waals surface area contributed by atoms with Crippen LogP contribution in [0.5, 0.6) is 0 Å². The number of fused-ring (bicyclic) bond motifs is 1. The molecule has 0 aromatic carbocycles. The van der Waals surface area contributed by atoms with E-state index >= 15 is 0 Å². The molecule has 4 rings (SSSR count). The van der Waals surface area contributed by atoms with Crippen molar-refractivity contribution in [2.24, 2.45) is 7.05 Å². The number of aryl methyl sites for hydroxylation is 2. The second kappa shape index (κ2) is 9.21. The maximum Gasteiger partial charge on any atom is 0.417 e. The Bertz CT molecular complexity index is 1300. The minimum Gasteiger partial charge on any atom is -0.377 e. The van der Waals surface area contributed by atoms with E-state index in [0.717, 1.165) is 15.6 Å². The summed E-state index contributed by atoms with van der Waals surface area (Å²) in [5.41, 5.74) is 0.225. The molecule has 1 saturated heterocycles. The zero-order valence-corrected chi connectivity index (χ0v) is 19.7. The summed E-state index contributed by atoms with van der Waals surface area (Å²) in [6, 6.07) is -0.440. The summed E-state index contributed by atoms with van der Waals surface area (Å²) in [5, 5.41) is 2.33. The molecule has 2 atom stereocenters. The van der Waals surface area contributed by atoms with Crippen molar-refractivity contribution in [3.63, 3.8) is 0 Å². The fraction of sp³-hybridized carbons (Fsp3) is 0.455. The van der Waals surface area contributed by atoms with Crippen LogP contribution in [0.25, 0.3) is 11.2 Å². The van der Waals surface area contributed by atoms with Crippen molar-refractivity contribution in [3.8, 4) is 0 Å². The van der Waals surface area contributed by atoms with Crippen molar-refractivity contribution in [2.45, 2.75) is 31.7 Å². The quantitative estimate of drug-likeness (QED) is 0.579. The maximum absolute atomic E-state index is 13.2. The van der Waals surface area contributed by atoms with Gasteiger partial charge in [-0.2, -0.15) is 13.2 Å². The van der Waals surface area contributed by atoms with Crippen LogP contribution in [0.2, 0.25) is 0 Å². The molecule has 2 N–H and O–H groups in total. The Morgan fingerprint density at radius 1 is 1.37 bits per heavy atom. The first-order valence-electron chi connectivity index (χ1n) is 10.9. The molecular weight excluding hydrogens is 467 g/mol. The second-order valence-corrected chi connectivity index (χ2v) is 8.57. The summed E-state index contributed by atoms with van der Waals surface area (Å²) in [6.07, 6.45) is -0.360. The standard InChI is InChI=1S/C22H26F3N7O3/c1-12-8-26-19-18(12)29-17(9-27-19)32-6-5-15(16(11-32)35-4)31(3)21(34)28-14-7-13(22(23,24)25)10-30(2)20(14)33/h7-10,15-16H,5-6,11H2,1-4H3,(H,26,27)(H,28,34)/t15-,16-/m0/s1. The lowest BCUT2D eigenvalue weighted by atomic mass is 10.0. The molecule has 0 bridgehead atoms. The number of piperidine rings is 1. The predicted molar refractivity (Wildman–Crippen MR) is 124 cm³/mol. The molecule has 35 heavy (non-hydrogen) atoms. The van der Waals surface area contributed by atoms with Gasteiger partial charge in [-0.05, 0) is 25.0 Å². The number of anilines is 2. The molecule has 4 heterocycles. The first-order chi connectivity index (χ1) is 16.5. The zero-order valence-electron chi connectivity index (χ0n) is 19.7. The van der Waals surface area contributed by atoms with Crippen LogP contribution in [0, 0.1) is 6.92 Å². The number of likely N-dealkylation sites (N-methyl/N-ethyl adjacent to an activating group) is 1. The normalized spacial score (nSPS) is 18.7. The van der Waals surface area contributed by atoms with Crippen LogP contribution >= 0.6 is 0 Å². The zero-order chi connectivity index (χ0) is 25.5. The maximum atomic E-state index is 13.2. The Kier molecular flexibility index (Phi) is 6.45. The van der Waals surface area contributed by atoms with Gasteiger partial charge in [-0.3, -0.25) is 4.79 Å².